The first kappa shape index (κ1) is 18.0. The summed E-state index contributed by atoms with van der Waals surface area (Å²) in [6.45, 7) is 0.946. The molecule has 1 fully saturated rings. The highest BCUT2D eigenvalue weighted by molar-refractivity contribution is 6.18. The second-order valence-corrected chi connectivity index (χ2v) is 5.78. The fraction of sp³-hybridized carbons (Fsp3) is 0.467. The molecule has 1 aliphatic heterocycles. The maximum atomic E-state index is 12.4. The van der Waals surface area contributed by atoms with E-state index in [0.29, 0.717) is 25.9 Å². The Morgan fingerprint density at radius 2 is 1.79 bits per heavy atom. The van der Waals surface area contributed by atoms with Gasteiger partial charge < -0.3 is 30.3 Å². The molecule has 9 heteroatoms. The number of aromatic hydroxyl groups is 3. The van der Waals surface area contributed by atoms with Gasteiger partial charge in [-0.3, -0.25) is 4.79 Å². The number of piperidine rings is 1. The Morgan fingerprint density at radius 3 is 2.33 bits per heavy atom. The number of halogens is 1. The van der Waals surface area contributed by atoms with Crippen molar-refractivity contribution in [3.8, 4) is 17.2 Å². The van der Waals surface area contributed by atoms with Crippen LogP contribution in [0.3, 0.4) is 0 Å². The predicted molar refractivity (Wildman–Crippen MR) is 85.6 cm³/mol. The molecule has 2 amide bonds. The summed E-state index contributed by atoms with van der Waals surface area (Å²) < 4.78 is 4.83. The van der Waals surface area contributed by atoms with Gasteiger partial charge in [0.25, 0.3) is 5.91 Å². The normalized spacial score (nSPS) is 15.1. The number of hydrogen-bond acceptors (Lipinski definition) is 6. The second-order valence-electron chi connectivity index (χ2n) is 5.40. The second kappa shape index (κ2) is 7.96. The lowest BCUT2D eigenvalue weighted by Crippen LogP contribution is -2.46. The Bertz CT molecular complexity index is 593. The molecule has 0 aromatic heterocycles. The van der Waals surface area contributed by atoms with Crippen LogP contribution in [0.15, 0.2) is 12.1 Å². The van der Waals surface area contributed by atoms with Gasteiger partial charge in [-0.25, -0.2) is 4.79 Å². The molecule has 8 nitrogen and oxygen atoms in total. The minimum atomic E-state index is -0.662. The number of carbonyl (C=O) groups is 2. The standard InChI is InChI=1S/C15H19ClN2O6/c16-3-6-24-15(23)17-10-1-4-18(5-2-10)14(22)9-7-11(19)13(21)12(20)8-9/h7-8,10,19-21H,1-6H2,(H,17,23). The smallest absolute Gasteiger partial charge is 0.407 e. The van der Waals surface area contributed by atoms with Crippen molar-refractivity contribution >= 4 is 23.6 Å². The molecule has 1 heterocycles. The van der Waals surface area contributed by atoms with E-state index in [9.17, 15) is 24.9 Å². The molecule has 0 unspecified atom stereocenters. The van der Waals surface area contributed by atoms with Gasteiger partial charge >= 0.3 is 6.09 Å². The molecule has 1 aromatic carbocycles. The fourth-order valence-corrected chi connectivity index (χ4v) is 2.55. The van der Waals surface area contributed by atoms with Crippen molar-refractivity contribution in [2.24, 2.45) is 0 Å². The van der Waals surface area contributed by atoms with Crippen LogP contribution in [0.5, 0.6) is 17.2 Å². The molecule has 1 aliphatic rings. The van der Waals surface area contributed by atoms with E-state index in [2.05, 4.69) is 5.32 Å². The summed E-state index contributed by atoms with van der Waals surface area (Å²) in [5, 5.41) is 31.0. The number of phenolic OH excluding ortho intramolecular Hbond substituents is 3. The van der Waals surface area contributed by atoms with Crippen LogP contribution in [0.25, 0.3) is 0 Å². The largest absolute Gasteiger partial charge is 0.504 e. The van der Waals surface area contributed by atoms with Crippen LogP contribution >= 0.6 is 11.6 Å². The van der Waals surface area contributed by atoms with Gasteiger partial charge in [0, 0.05) is 24.7 Å². The molecule has 4 N–H and O–H groups in total. The van der Waals surface area contributed by atoms with Crippen LogP contribution in [0.1, 0.15) is 23.2 Å². The van der Waals surface area contributed by atoms with E-state index in [-0.39, 0.29) is 30.0 Å². The van der Waals surface area contributed by atoms with Crippen molar-refractivity contribution in [3.05, 3.63) is 17.7 Å². The summed E-state index contributed by atoms with van der Waals surface area (Å²) >= 11 is 5.43. The van der Waals surface area contributed by atoms with Crippen LogP contribution in [0, 0.1) is 0 Å². The van der Waals surface area contributed by atoms with Crippen LogP contribution < -0.4 is 5.32 Å². The summed E-state index contributed by atoms with van der Waals surface area (Å²) in [7, 11) is 0. The molecule has 0 bridgehead atoms. The first-order chi connectivity index (χ1) is 11.4. The van der Waals surface area contributed by atoms with Crippen molar-refractivity contribution in [2.75, 3.05) is 25.6 Å². The molecule has 24 heavy (non-hydrogen) atoms. The Hall–Kier alpha value is -2.35. The zero-order chi connectivity index (χ0) is 17.7. The zero-order valence-corrected chi connectivity index (χ0v) is 13.6. The summed E-state index contributed by atoms with van der Waals surface area (Å²) in [5.74, 6) is -1.92. The van der Waals surface area contributed by atoms with Gasteiger partial charge in [0.05, 0.1) is 5.88 Å². The maximum absolute atomic E-state index is 12.4. The van der Waals surface area contributed by atoms with Gasteiger partial charge in [0.15, 0.2) is 17.2 Å². The number of carbonyl (C=O) groups excluding carboxylic acids is 2. The van der Waals surface area contributed by atoms with Gasteiger partial charge in [-0.2, -0.15) is 0 Å². The van der Waals surface area contributed by atoms with Gasteiger partial charge in [0.1, 0.15) is 6.61 Å². The van der Waals surface area contributed by atoms with E-state index in [1.807, 2.05) is 0 Å². The number of benzene rings is 1. The highest BCUT2D eigenvalue weighted by atomic mass is 35.5. The van der Waals surface area contributed by atoms with E-state index in [1.165, 1.54) is 0 Å². The van der Waals surface area contributed by atoms with Crippen molar-refractivity contribution in [2.45, 2.75) is 18.9 Å². The Kier molecular flexibility index (Phi) is 5.97. The summed E-state index contributed by atoms with van der Waals surface area (Å²) in [6, 6.07) is 2.11. The number of alkyl carbamates (subject to hydrolysis) is 1. The van der Waals surface area contributed by atoms with Crippen molar-refractivity contribution in [1.82, 2.24) is 10.2 Å². The Morgan fingerprint density at radius 1 is 1.21 bits per heavy atom. The van der Waals surface area contributed by atoms with Crippen molar-refractivity contribution in [1.29, 1.82) is 0 Å². The lowest BCUT2D eigenvalue weighted by Gasteiger charge is -2.32. The van der Waals surface area contributed by atoms with E-state index in [4.69, 9.17) is 16.3 Å². The van der Waals surface area contributed by atoms with Crippen LogP contribution in [0.4, 0.5) is 4.79 Å². The third-order valence-electron chi connectivity index (χ3n) is 3.73. The highest BCUT2D eigenvalue weighted by Crippen LogP contribution is 2.35. The van der Waals surface area contributed by atoms with E-state index >= 15 is 0 Å². The molecule has 0 radical (unpaired) electrons. The number of phenols is 3. The molecule has 0 saturated carbocycles. The number of amides is 2. The average Bonchev–Trinajstić information content (AvgIpc) is 2.57. The first-order valence-electron chi connectivity index (χ1n) is 7.46. The number of nitrogens with zero attached hydrogens (tertiary/aromatic N) is 1. The number of nitrogens with one attached hydrogen (secondary N) is 1. The number of hydrogen-bond donors (Lipinski definition) is 4. The lowest BCUT2D eigenvalue weighted by atomic mass is 10.0. The molecule has 0 aliphatic carbocycles. The minimum Gasteiger partial charge on any atom is -0.504 e. The first-order valence-corrected chi connectivity index (χ1v) is 7.99. The topological polar surface area (TPSA) is 119 Å². The van der Waals surface area contributed by atoms with Crippen LogP contribution in [-0.4, -0.2) is 63.8 Å². The van der Waals surface area contributed by atoms with E-state index in [0.717, 1.165) is 12.1 Å². The van der Waals surface area contributed by atoms with Crippen LogP contribution in [0.2, 0.25) is 0 Å². The zero-order valence-electron chi connectivity index (χ0n) is 12.9. The van der Waals surface area contributed by atoms with Crippen molar-refractivity contribution in [3.63, 3.8) is 0 Å². The van der Waals surface area contributed by atoms with Gasteiger partial charge in [-0.15, -0.1) is 11.6 Å². The summed E-state index contributed by atoms with van der Waals surface area (Å²) in [4.78, 5) is 25.4. The third kappa shape index (κ3) is 4.35. The number of rotatable bonds is 4. The lowest BCUT2D eigenvalue weighted by molar-refractivity contribution is 0.0701. The van der Waals surface area contributed by atoms with E-state index < -0.39 is 23.3 Å². The summed E-state index contributed by atoms with van der Waals surface area (Å²) in [5.41, 5.74) is 0.0794. The Balaban J connectivity index is 1.90. The van der Waals surface area contributed by atoms with Crippen molar-refractivity contribution < 1.29 is 29.6 Å². The molecule has 2 rings (SSSR count). The monoisotopic (exact) mass is 358 g/mol. The number of alkyl halides is 1. The predicted octanol–water partition coefficient (Wildman–Crippen LogP) is 1.37. The number of ether oxygens (including phenoxy) is 1. The molecular weight excluding hydrogens is 340 g/mol. The Labute approximate surface area is 143 Å². The summed E-state index contributed by atoms with van der Waals surface area (Å²) in [6.07, 6.45) is 0.573. The third-order valence-corrected chi connectivity index (χ3v) is 3.89. The molecule has 1 aromatic rings. The van der Waals surface area contributed by atoms with Crippen LogP contribution in [-0.2, 0) is 4.74 Å². The average molecular weight is 359 g/mol. The number of likely N-dealkylation sites (tertiary alicyclic amines) is 1. The van der Waals surface area contributed by atoms with Gasteiger partial charge in [0.2, 0.25) is 0 Å². The minimum absolute atomic E-state index is 0.0794. The quantitative estimate of drug-likeness (QED) is 0.477. The SMILES string of the molecule is O=C(NC1CCN(C(=O)c2cc(O)c(O)c(O)c2)CC1)OCCCl. The molecule has 0 atom stereocenters. The molecular formula is C15H19ClN2O6. The highest BCUT2D eigenvalue weighted by Gasteiger charge is 2.26. The fourth-order valence-electron chi connectivity index (χ4n) is 2.48. The van der Waals surface area contributed by atoms with E-state index in [1.54, 1.807) is 4.90 Å². The maximum Gasteiger partial charge on any atom is 0.407 e. The molecule has 132 valence electrons. The van der Waals surface area contributed by atoms with Gasteiger partial charge in [-0.05, 0) is 25.0 Å². The molecule has 1 saturated heterocycles. The molecule has 0 spiro atoms. The van der Waals surface area contributed by atoms with Gasteiger partial charge in [-0.1, -0.05) is 0 Å².